The predicted molar refractivity (Wildman–Crippen MR) is 496 cm³/mol. The van der Waals surface area contributed by atoms with Crippen LogP contribution in [0.2, 0.25) is 5.04 Å². The van der Waals surface area contributed by atoms with Crippen molar-refractivity contribution >= 4 is 42.6 Å². The number of carbonyl (C=O) groups is 4. The normalized spacial score (nSPS) is 42.4. The molecule has 6 saturated heterocycles. The summed E-state index contributed by atoms with van der Waals surface area (Å²) in [5.74, 6) is -7.23. The number of nitrogens with zero attached hydrogens (tertiary/aromatic N) is 4. The van der Waals surface area contributed by atoms with Crippen LogP contribution in [0.3, 0.4) is 0 Å². The van der Waals surface area contributed by atoms with Gasteiger partial charge in [0.1, 0.15) is 60.0 Å². The zero-order valence-corrected chi connectivity index (χ0v) is 85.9. The molecule has 32 nitrogen and oxygen atoms in total. The van der Waals surface area contributed by atoms with Gasteiger partial charge in [0.05, 0.1) is 95.2 Å². The molecular weight excluding hydrogens is 1710 g/mol. The number of hydrogen-bond acceptors (Lipinski definition) is 32. The molecule has 6 fully saturated rings. The van der Waals surface area contributed by atoms with Crippen molar-refractivity contribution in [3.63, 3.8) is 0 Å². The second-order valence-corrected chi connectivity index (χ2v) is 46.5. The lowest BCUT2D eigenvalue weighted by atomic mass is 9.77. The van der Waals surface area contributed by atoms with Gasteiger partial charge in [-0.2, -0.15) is 0 Å². The summed E-state index contributed by atoms with van der Waals surface area (Å²) < 4.78 is 96.9. The zero-order valence-electron chi connectivity index (χ0n) is 84.9. The van der Waals surface area contributed by atoms with Crippen molar-refractivity contribution in [1.29, 1.82) is 0 Å². The third-order valence-electron chi connectivity index (χ3n) is 29.3. The lowest BCUT2D eigenvalue weighted by molar-refractivity contribution is -0.319. The van der Waals surface area contributed by atoms with Gasteiger partial charge in [-0.25, -0.2) is 9.59 Å². The van der Waals surface area contributed by atoms with Gasteiger partial charge >= 0.3 is 23.9 Å². The maximum atomic E-state index is 14.9. The molecule has 0 spiro atoms. The number of ether oxygens (including phenoxy) is 14. The number of aliphatic hydroxyl groups is 9. The maximum absolute atomic E-state index is 14.9. The Kier molecular flexibility index (Phi) is 40.4. The molecule has 8 rings (SSSR count). The minimum Gasteiger partial charge on any atom is -0.459 e. The standard InChI is InChI=1S/C57H94N2O14Si.C41H76N2O14/c1-19-44-57(14,65)48(60)38(6)59(17)33-34(2)31-55(12,64)50(36(4)46(37(5)51(62)69-44)70-45-32-56(13,66-18)49(61)39(7)68-45)72-53-47(43(58(15)16)30-35(3)67-53)71-52(63)40(8)73-74(54(9,10)11,41-26-22-20-23-27-41)42-28-24-21-25-29-42;1-16-29-41(11,50)33(45)25(6)43(14)20-21(2)18-39(9,49)35(57-38-32(56-37(48)26(7)44)28(42(12)13)17-22(3)52-38)23(4)31(24(5)36(47)54-29)55-30-19-40(10,51-15)34(46)27(8)53-30/h20-29,34-40,43-50,53,60-61,64-65H,19,30-33H2,1-18H3;21-35,38,44-46,49-50H,16-20H2,1-15H3/t34-,35-,36+,37-,38-,39+,40-,43+,44-,45+,46+,47-,48-,49+,50-,53+,55-,56-,57-;21-,22-,23+,24-,25-,26-,27+,28+,29-,30+,31+,32-,33-,34+,35-,38+,39-,40-,41-/m11/s1. The van der Waals surface area contributed by atoms with E-state index in [1.807, 2.05) is 133 Å². The largest absolute Gasteiger partial charge is 0.459 e. The Labute approximate surface area is 782 Å². The molecule has 2 aromatic rings. The molecule has 0 aromatic heterocycles. The Morgan fingerprint density at radius 2 is 0.847 bits per heavy atom. The second-order valence-electron chi connectivity index (χ2n) is 42.3. The summed E-state index contributed by atoms with van der Waals surface area (Å²) in [6.07, 6.45) is -20.7. The van der Waals surface area contributed by atoms with E-state index in [2.05, 4.69) is 45.0 Å². The van der Waals surface area contributed by atoms with Gasteiger partial charge < -0.3 is 136 Å². The highest BCUT2D eigenvalue weighted by Gasteiger charge is 2.59. The maximum Gasteiger partial charge on any atom is 0.335 e. The Morgan fingerprint density at radius 1 is 0.511 bits per heavy atom. The SMILES string of the molecule is CC[C@H]1OC(=O)[C@H](C)[C@@H](O[C@H]2C[C@@](C)(OC)[C@@H](O)[C@H](C)O2)[C@H](C)[C@@H](O[C@@H]2O[C@H](C)C[C@H](N(C)C)[C@H]2OC(=O)[C@@H](C)O)[C@](C)(O)C[C@@H](C)CN(C)[C@H](C)[C@@H](O)[C@]1(C)O.CC[C@H]1OC(=O)[C@H](C)[C@@H](O[C@H]2C[C@@](C)(OC)[C@@H](O)[C@H](C)O2)[C@H](C)[C@@H](O[C@@H]2O[C@H](C)C[C@H](N(C)C)[C@H]2OC(=O)[C@@H](C)O[Si](c2ccccc2)(c2ccccc2)C(C)(C)C)[C@](C)(O)C[C@@H](C)CN(C)[C@H](C)[C@@H](O)[C@]1(C)O. The Morgan fingerprint density at radius 3 is 1.15 bits per heavy atom. The number of cyclic esters (lactones) is 2. The number of esters is 4. The summed E-state index contributed by atoms with van der Waals surface area (Å²) in [6, 6.07) is 18.2. The molecule has 9 N–H and O–H groups in total. The quantitative estimate of drug-likeness (QED) is 0.0318. The van der Waals surface area contributed by atoms with E-state index in [9.17, 15) is 65.1 Å². The number of carbonyl (C=O) groups excluding carboxylic acids is 4. The van der Waals surface area contributed by atoms with E-state index < -0.39 is 235 Å². The molecule has 0 saturated carbocycles. The first kappa shape index (κ1) is 114. The summed E-state index contributed by atoms with van der Waals surface area (Å²) in [4.78, 5) is 64.6. The molecule has 6 aliphatic rings. The topological polar surface area (TPSA) is 402 Å². The number of rotatable bonds is 22. The minimum absolute atomic E-state index is 0.0849. The fourth-order valence-electron chi connectivity index (χ4n) is 21.2. The van der Waals surface area contributed by atoms with Gasteiger partial charge in [-0.05, 0) is 219 Å². The van der Waals surface area contributed by atoms with Crippen LogP contribution < -0.4 is 10.4 Å². The van der Waals surface area contributed by atoms with Crippen molar-refractivity contribution in [1.82, 2.24) is 19.6 Å². The van der Waals surface area contributed by atoms with E-state index in [4.69, 9.17) is 70.7 Å². The van der Waals surface area contributed by atoms with E-state index in [0.717, 1.165) is 10.4 Å². The first-order valence-corrected chi connectivity index (χ1v) is 49.5. The van der Waals surface area contributed by atoms with Crippen LogP contribution in [0, 0.1) is 35.5 Å². The third kappa shape index (κ3) is 26.8. The highest BCUT2D eigenvalue weighted by molar-refractivity contribution is 6.99. The molecule has 0 amide bonds. The molecule has 33 heteroatoms. The average molecular weight is 1880 g/mol. The minimum atomic E-state index is -3.22. The summed E-state index contributed by atoms with van der Waals surface area (Å²) in [5, 5.41) is 107. The van der Waals surface area contributed by atoms with Crippen molar-refractivity contribution in [2.75, 3.05) is 69.6 Å². The third-order valence-corrected chi connectivity index (χ3v) is 34.4. The molecule has 131 heavy (non-hydrogen) atoms. The number of likely N-dealkylation sites (N-methyl/N-ethyl adjacent to an activating group) is 4. The summed E-state index contributed by atoms with van der Waals surface area (Å²) in [7, 11) is 10.9. The van der Waals surface area contributed by atoms with Gasteiger partial charge in [0.25, 0.3) is 8.32 Å². The van der Waals surface area contributed by atoms with E-state index in [-0.39, 0.29) is 68.6 Å². The van der Waals surface area contributed by atoms with E-state index in [0.29, 0.717) is 25.9 Å². The molecule has 754 valence electrons. The number of methoxy groups -OCH3 is 2. The number of aliphatic hydroxyl groups excluding tert-OH is 5. The Bertz CT molecular complexity index is 3830. The highest BCUT2D eigenvalue weighted by atomic mass is 28.4. The zero-order chi connectivity index (χ0) is 99.0. The molecule has 2 aromatic carbocycles. The molecule has 0 bridgehead atoms. The van der Waals surface area contributed by atoms with E-state index in [1.54, 1.807) is 96.9 Å². The molecule has 0 radical (unpaired) electrons. The van der Waals surface area contributed by atoms with Crippen LogP contribution in [0.5, 0.6) is 0 Å². The fourth-order valence-corrected chi connectivity index (χ4v) is 25.8. The van der Waals surface area contributed by atoms with E-state index >= 15 is 0 Å². The highest BCUT2D eigenvalue weighted by Crippen LogP contribution is 2.46. The molecule has 38 atom stereocenters. The Hall–Kier alpha value is -4.42. The fraction of sp³-hybridized carbons (Fsp3) is 0.837. The van der Waals surface area contributed by atoms with Crippen LogP contribution in [0.25, 0.3) is 0 Å². The van der Waals surface area contributed by atoms with Crippen molar-refractivity contribution < 1.29 is 136 Å². The van der Waals surface area contributed by atoms with Gasteiger partial charge in [0.2, 0.25) is 0 Å². The van der Waals surface area contributed by atoms with Crippen LogP contribution in [0.15, 0.2) is 60.7 Å². The summed E-state index contributed by atoms with van der Waals surface area (Å²) in [6.45, 7) is 45.2. The molecule has 0 unspecified atom stereocenters. The van der Waals surface area contributed by atoms with Crippen molar-refractivity contribution in [3.8, 4) is 0 Å². The predicted octanol–water partition coefficient (Wildman–Crippen LogP) is 7.25. The second kappa shape index (κ2) is 46.6. The summed E-state index contributed by atoms with van der Waals surface area (Å²) in [5.41, 5.74) is -9.18. The van der Waals surface area contributed by atoms with Crippen LogP contribution in [0.4, 0.5) is 0 Å². The van der Waals surface area contributed by atoms with Gasteiger partial charge in [-0.3, -0.25) is 9.59 Å². The molecule has 6 heterocycles. The molecule has 6 aliphatic heterocycles. The number of hydrogen-bond donors (Lipinski definition) is 9. The first-order valence-electron chi connectivity index (χ1n) is 47.6. The smallest absolute Gasteiger partial charge is 0.335 e. The monoisotopic (exact) mass is 1880 g/mol. The van der Waals surface area contributed by atoms with Crippen LogP contribution in [0.1, 0.15) is 224 Å². The van der Waals surface area contributed by atoms with Gasteiger partial charge in [-0.15, -0.1) is 0 Å². The average Bonchev–Trinajstić information content (AvgIpc) is 0.782. The molecule has 0 aliphatic carbocycles. The van der Waals surface area contributed by atoms with Gasteiger partial charge in [-0.1, -0.05) is 123 Å². The lowest BCUT2D eigenvalue weighted by Gasteiger charge is -2.49. The van der Waals surface area contributed by atoms with Crippen molar-refractivity contribution in [2.45, 2.75) is 422 Å². The Balaban J connectivity index is 0.000000371. The van der Waals surface area contributed by atoms with Gasteiger partial charge in [0.15, 0.2) is 37.4 Å². The number of benzene rings is 2. The summed E-state index contributed by atoms with van der Waals surface area (Å²) >= 11 is 0. The lowest BCUT2D eigenvalue weighted by Crippen LogP contribution is -2.68. The molecular formula is C98H170N4O28Si. The van der Waals surface area contributed by atoms with E-state index in [1.165, 1.54) is 35.0 Å². The van der Waals surface area contributed by atoms with Gasteiger partial charge in [0, 0.05) is 64.1 Å². The van der Waals surface area contributed by atoms with Crippen molar-refractivity contribution in [2.24, 2.45) is 35.5 Å². The van der Waals surface area contributed by atoms with Crippen molar-refractivity contribution in [3.05, 3.63) is 60.7 Å². The van der Waals surface area contributed by atoms with Crippen LogP contribution in [-0.4, -0.2) is 360 Å². The van der Waals surface area contributed by atoms with Crippen LogP contribution in [-0.2, 0) is 89.9 Å². The van der Waals surface area contributed by atoms with Crippen LogP contribution >= 0.6 is 0 Å². The first-order chi connectivity index (χ1) is 60.6.